The van der Waals surface area contributed by atoms with Crippen LogP contribution in [0.25, 0.3) is 6.08 Å². The van der Waals surface area contributed by atoms with Gasteiger partial charge in [-0.05, 0) is 30.3 Å². The average molecular weight is 238 g/mol. The molecule has 0 saturated heterocycles. The Morgan fingerprint density at radius 1 is 1.17 bits per heavy atom. The number of pyridine rings is 1. The maximum atomic E-state index is 11.7. The van der Waals surface area contributed by atoms with Crippen LogP contribution in [0.1, 0.15) is 11.4 Å². The molecule has 0 aliphatic carbocycles. The predicted molar refractivity (Wildman–Crippen MR) is 67.7 cm³/mol. The summed E-state index contributed by atoms with van der Waals surface area (Å²) < 4.78 is 0. The van der Waals surface area contributed by atoms with Crippen molar-refractivity contribution in [3.05, 3.63) is 59.7 Å². The molecule has 2 N–H and O–H groups in total. The molecule has 0 radical (unpaired) electrons. The van der Waals surface area contributed by atoms with Gasteiger partial charge < -0.3 is 4.98 Å². The van der Waals surface area contributed by atoms with Crippen LogP contribution in [0.5, 0.6) is 0 Å². The molecule has 2 aromatic rings. The molecule has 18 heavy (non-hydrogen) atoms. The molecule has 1 aliphatic heterocycles. The summed E-state index contributed by atoms with van der Waals surface area (Å²) in [5, 5.41) is 4.02. The molecule has 3 heterocycles. The topological polar surface area (TPSA) is 70.1 Å². The summed E-state index contributed by atoms with van der Waals surface area (Å²) in [4.78, 5) is 19.0. The van der Waals surface area contributed by atoms with Gasteiger partial charge in [0.1, 0.15) is 5.71 Å². The Balaban J connectivity index is 2.03. The zero-order chi connectivity index (χ0) is 12.4. The van der Waals surface area contributed by atoms with E-state index in [1.165, 1.54) is 0 Å². The number of carbonyl (C=O) groups excluding carboxylic acids is 1. The number of nitrogens with zero attached hydrogens (tertiary/aromatic N) is 2. The lowest BCUT2D eigenvalue weighted by Crippen LogP contribution is -2.14. The van der Waals surface area contributed by atoms with Crippen molar-refractivity contribution < 1.29 is 4.79 Å². The van der Waals surface area contributed by atoms with E-state index in [1.54, 1.807) is 18.5 Å². The Hall–Kier alpha value is -2.69. The Labute approximate surface area is 103 Å². The van der Waals surface area contributed by atoms with Gasteiger partial charge in [-0.2, -0.15) is 5.10 Å². The van der Waals surface area contributed by atoms with E-state index in [4.69, 9.17) is 0 Å². The van der Waals surface area contributed by atoms with Crippen LogP contribution in [0.15, 0.2) is 53.4 Å². The summed E-state index contributed by atoms with van der Waals surface area (Å²) >= 11 is 0. The van der Waals surface area contributed by atoms with Crippen LogP contribution >= 0.6 is 0 Å². The molecule has 0 bridgehead atoms. The van der Waals surface area contributed by atoms with Gasteiger partial charge in [-0.1, -0.05) is 6.07 Å². The predicted octanol–water partition coefficient (Wildman–Crippen LogP) is 1.33. The van der Waals surface area contributed by atoms with Crippen molar-refractivity contribution in [2.45, 2.75) is 0 Å². The van der Waals surface area contributed by atoms with Gasteiger partial charge in [0.25, 0.3) is 5.91 Å². The minimum atomic E-state index is -0.217. The van der Waals surface area contributed by atoms with Crippen LogP contribution in [-0.2, 0) is 4.79 Å². The van der Waals surface area contributed by atoms with Gasteiger partial charge in [0.05, 0.1) is 11.3 Å². The zero-order valence-corrected chi connectivity index (χ0v) is 9.42. The molecule has 1 aliphatic rings. The van der Waals surface area contributed by atoms with Gasteiger partial charge in [-0.25, -0.2) is 5.43 Å². The van der Waals surface area contributed by atoms with Crippen molar-refractivity contribution >= 4 is 17.7 Å². The van der Waals surface area contributed by atoms with E-state index in [0.29, 0.717) is 17.0 Å². The Morgan fingerprint density at radius 2 is 2.11 bits per heavy atom. The van der Waals surface area contributed by atoms with E-state index in [1.807, 2.05) is 30.3 Å². The smallest absolute Gasteiger partial charge is 0.273 e. The number of hydrogen-bond acceptors (Lipinski definition) is 3. The summed E-state index contributed by atoms with van der Waals surface area (Å²) in [5.41, 5.74) is 5.06. The number of rotatable bonds is 2. The van der Waals surface area contributed by atoms with Crippen LogP contribution in [0, 0.1) is 0 Å². The number of carbonyl (C=O) groups is 1. The van der Waals surface area contributed by atoms with Gasteiger partial charge >= 0.3 is 0 Å². The normalized spacial score (nSPS) is 16.8. The van der Waals surface area contributed by atoms with Crippen LogP contribution in [0.2, 0.25) is 0 Å². The molecule has 0 spiro atoms. The van der Waals surface area contributed by atoms with Gasteiger partial charge in [-0.3, -0.25) is 9.78 Å². The van der Waals surface area contributed by atoms with Crippen molar-refractivity contribution in [2.75, 3.05) is 0 Å². The highest BCUT2D eigenvalue weighted by Gasteiger charge is 2.24. The van der Waals surface area contributed by atoms with Gasteiger partial charge in [-0.15, -0.1) is 0 Å². The van der Waals surface area contributed by atoms with E-state index in [2.05, 4.69) is 20.5 Å². The van der Waals surface area contributed by atoms with Crippen LogP contribution in [-0.4, -0.2) is 21.6 Å². The second-order valence-electron chi connectivity index (χ2n) is 3.80. The van der Waals surface area contributed by atoms with E-state index >= 15 is 0 Å². The van der Waals surface area contributed by atoms with Crippen molar-refractivity contribution in [3.63, 3.8) is 0 Å². The first kappa shape index (κ1) is 10.5. The standard InChI is InChI=1S/C13H10N4O/c18-13-10(8-9-4-3-7-14-9)12(16-17-13)11-5-1-2-6-15-11/h1-8,14H,(H,17,18). The third-order valence-corrected chi connectivity index (χ3v) is 2.60. The first-order chi connectivity index (χ1) is 8.84. The van der Waals surface area contributed by atoms with Crippen LogP contribution in [0.3, 0.4) is 0 Å². The lowest BCUT2D eigenvalue weighted by Gasteiger charge is -1.99. The summed E-state index contributed by atoms with van der Waals surface area (Å²) in [6, 6.07) is 9.26. The molecule has 0 fully saturated rings. The fraction of sp³-hybridized carbons (Fsp3) is 0. The van der Waals surface area contributed by atoms with E-state index in [9.17, 15) is 4.79 Å². The Kier molecular flexibility index (Phi) is 2.49. The lowest BCUT2D eigenvalue weighted by atomic mass is 10.1. The maximum Gasteiger partial charge on any atom is 0.273 e. The molecular formula is C13H10N4O. The lowest BCUT2D eigenvalue weighted by molar-refractivity contribution is -0.116. The molecule has 3 rings (SSSR count). The largest absolute Gasteiger partial charge is 0.362 e. The van der Waals surface area contributed by atoms with Crippen molar-refractivity contribution in [3.8, 4) is 0 Å². The first-order valence-electron chi connectivity index (χ1n) is 5.49. The molecule has 0 aromatic carbocycles. The zero-order valence-electron chi connectivity index (χ0n) is 9.42. The summed E-state index contributed by atoms with van der Waals surface area (Å²) in [7, 11) is 0. The third-order valence-electron chi connectivity index (χ3n) is 2.60. The average Bonchev–Trinajstić information content (AvgIpc) is 3.03. The van der Waals surface area contributed by atoms with Crippen molar-refractivity contribution in [1.29, 1.82) is 0 Å². The number of aromatic amines is 1. The third kappa shape index (κ3) is 1.82. The SMILES string of the molecule is O=C1NN=C(c2ccccn2)C1=Cc1ccc[nH]1. The van der Waals surface area contributed by atoms with E-state index in [0.717, 1.165) is 5.69 Å². The minimum absolute atomic E-state index is 0.217. The molecule has 88 valence electrons. The summed E-state index contributed by atoms with van der Waals surface area (Å²) in [6.07, 6.45) is 5.24. The molecule has 1 amide bonds. The summed E-state index contributed by atoms with van der Waals surface area (Å²) in [6.45, 7) is 0. The Morgan fingerprint density at radius 3 is 2.83 bits per heavy atom. The van der Waals surface area contributed by atoms with Crippen molar-refractivity contribution in [2.24, 2.45) is 5.10 Å². The molecule has 0 unspecified atom stereocenters. The number of hydrogen-bond donors (Lipinski definition) is 2. The van der Waals surface area contributed by atoms with Crippen molar-refractivity contribution in [1.82, 2.24) is 15.4 Å². The highest BCUT2D eigenvalue weighted by atomic mass is 16.2. The van der Waals surface area contributed by atoms with Crippen LogP contribution < -0.4 is 5.43 Å². The molecule has 0 atom stereocenters. The second-order valence-corrected chi connectivity index (χ2v) is 3.80. The molecular weight excluding hydrogens is 228 g/mol. The summed E-state index contributed by atoms with van der Waals surface area (Å²) in [5.74, 6) is -0.217. The molecule has 5 nitrogen and oxygen atoms in total. The first-order valence-corrected chi connectivity index (χ1v) is 5.49. The van der Waals surface area contributed by atoms with Gasteiger partial charge in [0.15, 0.2) is 0 Å². The monoisotopic (exact) mass is 238 g/mol. The highest BCUT2D eigenvalue weighted by Crippen LogP contribution is 2.15. The molecule has 0 saturated carbocycles. The second kappa shape index (κ2) is 4.29. The van der Waals surface area contributed by atoms with Gasteiger partial charge in [0.2, 0.25) is 0 Å². The van der Waals surface area contributed by atoms with E-state index in [-0.39, 0.29) is 5.91 Å². The molecule has 2 aromatic heterocycles. The molecule has 5 heteroatoms. The quantitative estimate of drug-likeness (QED) is 0.775. The number of aromatic nitrogens is 2. The maximum absolute atomic E-state index is 11.7. The van der Waals surface area contributed by atoms with Crippen LogP contribution in [0.4, 0.5) is 0 Å². The number of H-pyrrole nitrogens is 1. The number of hydrazone groups is 1. The number of amides is 1. The fourth-order valence-corrected chi connectivity index (χ4v) is 1.76. The minimum Gasteiger partial charge on any atom is -0.362 e. The van der Waals surface area contributed by atoms with Gasteiger partial charge in [0, 0.05) is 18.1 Å². The fourth-order valence-electron chi connectivity index (χ4n) is 1.76. The Bertz CT molecular complexity index is 626. The van der Waals surface area contributed by atoms with E-state index < -0.39 is 0 Å². The highest BCUT2D eigenvalue weighted by molar-refractivity contribution is 6.32. The number of nitrogens with one attached hydrogen (secondary N) is 2.